The van der Waals surface area contributed by atoms with Crippen LogP contribution in [0.15, 0.2) is 0 Å². The first kappa shape index (κ1) is 32.5. The Bertz CT molecular complexity index is 572. The summed E-state index contributed by atoms with van der Waals surface area (Å²) in [6, 6.07) is 0. The van der Waals surface area contributed by atoms with E-state index in [1.165, 1.54) is 96.3 Å². The average molecular weight is 474 g/mol. The Morgan fingerprint density at radius 3 is 1.53 bits per heavy atom. The largest absolute Gasteiger partial charge is 0.464 e. The molecule has 0 aromatic rings. The zero-order valence-electron chi connectivity index (χ0n) is 23.2. The summed E-state index contributed by atoms with van der Waals surface area (Å²) in [6.07, 6.45) is 23.7. The van der Waals surface area contributed by atoms with Crippen LogP contribution in [0.4, 0.5) is 0 Å². The summed E-state index contributed by atoms with van der Waals surface area (Å²) in [5.41, 5.74) is 0. The predicted octanol–water partition coefficient (Wildman–Crippen LogP) is 6.80. The fraction of sp³-hybridized carbons (Fsp3) is 0.839. The van der Waals surface area contributed by atoms with Crippen molar-refractivity contribution in [2.24, 2.45) is 0 Å². The van der Waals surface area contributed by atoms with Gasteiger partial charge in [0.15, 0.2) is 6.54 Å². The van der Waals surface area contributed by atoms with E-state index in [9.17, 15) is 5.11 Å². The lowest BCUT2D eigenvalue weighted by atomic mass is 10.1. The molecule has 0 aliphatic carbocycles. The maximum Gasteiger partial charge on any atom is 0.332 e. The topological polar surface area (TPSA) is 37.4 Å². The van der Waals surface area contributed by atoms with Crippen LogP contribution in [-0.2, 0) is 0 Å². The second-order valence-electron chi connectivity index (χ2n) is 9.56. The lowest BCUT2D eigenvalue weighted by Crippen LogP contribution is -2.75. The van der Waals surface area contributed by atoms with Crippen LogP contribution in [0.3, 0.4) is 0 Å². The zero-order valence-corrected chi connectivity index (χ0v) is 23.2. The average Bonchev–Trinajstić information content (AvgIpc) is 2.85. The first-order valence-corrected chi connectivity index (χ1v) is 14.7. The number of nitrogens with one attached hydrogen (secondary N) is 1. The van der Waals surface area contributed by atoms with Gasteiger partial charge in [-0.3, -0.25) is 4.90 Å². The van der Waals surface area contributed by atoms with E-state index in [-0.39, 0.29) is 0 Å². The van der Waals surface area contributed by atoms with Gasteiger partial charge in [0.25, 0.3) is 0 Å². The van der Waals surface area contributed by atoms with Crippen molar-refractivity contribution >= 4 is 5.90 Å². The van der Waals surface area contributed by atoms with Crippen LogP contribution in [0.5, 0.6) is 0 Å². The van der Waals surface area contributed by atoms with Crippen LogP contribution < -0.4 is 4.99 Å². The third-order valence-electron chi connectivity index (χ3n) is 6.51. The Morgan fingerprint density at radius 2 is 1.06 bits per heavy atom. The molecule has 0 unspecified atom stereocenters. The van der Waals surface area contributed by atoms with Crippen molar-refractivity contribution in [1.29, 1.82) is 0 Å². The molecule has 0 saturated heterocycles. The highest BCUT2D eigenvalue weighted by Crippen LogP contribution is 2.11. The summed E-state index contributed by atoms with van der Waals surface area (Å²) in [6.45, 7) is 10.6. The van der Waals surface area contributed by atoms with Gasteiger partial charge >= 0.3 is 5.90 Å². The highest BCUT2D eigenvalue weighted by molar-refractivity contribution is 5.67. The van der Waals surface area contributed by atoms with E-state index in [0.29, 0.717) is 5.90 Å². The molecule has 0 aliphatic rings. The van der Waals surface area contributed by atoms with E-state index in [0.717, 1.165) is 51.9 Å². The third-order valence-corrected chi connectivity index (χ3v) is 6.51. The number of unbranched alkanes of at least 4 members (excludes halogenated alkanes) is 16. The van der Waals surface area contributed by atoms with Gasteiger partial charge in [-0.2, -0.15) is 0 Å². The molecular weight excluding hydrogens is 416 g/mol. The first-order chi connectivity index (χ1) is 16.7. The summed E-state index contributed by atoms with van der Waals surface area (Å²) in [7, 11) is 0. The van der Waals surface area contributed by atoms with E-state index in [1.807, 2.05) is 0 Å². The van der Waals surface area contributed by atoms with Crippen molar-refractivity contribution < 1.29 is 10.1 Å². The van der Waals surface area contributed by atoms with Gasteiger partial charge in [0, 0.05) is 12.8 Å². The predicted molar refractivity (Wildman–Crippen MR) is 150 cm³/mol. The van der Waals surface area contributed by atoms with Crippen molar-refractivity contribution in [1.82, 2.24) is 4.90 Å². The summed E-state index contributed by atoms with van der Waals surface area (Å²) >= 11 is 0. The van der Waals surface area contributed by atoms with Gasteiger partial charge in [0.05, 0.1) is 13.0 Å². The van der Waals surface area contributed by atoms with E-state index >= 15 is 0 Å². The first-order valence-electron chi connectivity index (χ1n) is 14.7. The van der Waals surface area contributed by atoms with Crippen molar-refractivity contribution in [2.75, 3.05) is 26.2 Å². The highest BCUT2D eigenvalue weighted by Gasteiger charge is 2.04. The molecule has 2 N–H and O–H groups in total. The molecule has 0 spiro atoms. The van der Waals surface area contributed by atoms with Crippen LogP contribution in [0.1, 0.15) is 143 Å². The molecule has 34 heavy (non-hydrogen) atoms. The Hall–Kier alpha value is -1.45. The Labute approximate surface area is 213 Å². The molecule has 0 fully saturated rings. The third kappa shape index (κ3) is 25.2. The van der Waals surface area contributed by atoms with Gasteiger partial charge in [-0.05, 0) is 44.2 Å². The number of nitrogens with zero attached hydrogens (tertiary/aromatic N) is 1. The smallest absolute Gasteiger partial charge is 0.332 e. The van der Waals surface area contributed by atoms with Gasteiger partial charge < -0.3 is 5.11 Å². The van der Waals surface area contributed by atoms with Gasteiger partial charge in [-0.1, -0.05) is 116 Å². The lowest BCUT2D eigenvalue weighted by molar-refractivity contribution is -0.468. The van der Waals surface area contributed by atoms with Crippen LogP contribution in [0, 0.1) is 23.7 Å². The molecule has 196 valence electrons. The minimum Gasteiger partial charge on any atom is -0.464 e. The number of hydrogen-bond acceptors (Lipinski definition) is 1. The minimum absolute atomic E-state index is 0.455. The molecule has 0 aromatic carbocycles. The Morgan fingerprint density at radius 1 is 0.618 bits per heavy atom. The van der Waals surface area contributed by atoms with Crippen molar-refractivity contribution in [2.45, 2.75) is 143 Å². The fourth-order valence-electron chi connectivity index (χ4n) is 4.11. The van der Waals surface area contributed by atoms with Crippen LogP contribution in [-0.4, -0.2) is 42.1 Å². The van der Waals surface area contributed by atoms with Crippen molar-refractivity contribution in [3.05, 3.63) is 0 Å². The zero-order chi connectivity index (χ0) is 25.0. The Balaban J connectivity index is 3.41. The van der Waals surface area contributed by atoms with Crippen molar-refractivity contribution in [3.8, 4) is 23.7 Å². The molecule has 0 aliphatic heterocycles. The molecule has 0 amide bonds. The highest BCUT2D eigenvalue weighted by atomic mass is 16.3. The van der Waals surface area contributed by atoms with E-state index in [4.69, 9.17) is 0 Å². The molecule has 0 rings (SSSR count). The molecule has 3 heteroatoms. The van der Waals surface area contributed by atoms with Crippen LogP contribution >= 0.6 is 0 Å². The molecule has 0 heterocycles. The molecule has 0 radical (unpaired) electrons. The monoisotopic (exact) mass is 473 g/mol. The molecule has 0 atom stereocenters. The standard InChI is InChI=1S/C31H56N2O/c1-4-7-8-9-10-11-12-13-14-15-16-17-18-19-20-21-22-23-24-25-26-27-28-31(34)32-29-30-33(5-2)6-3/h4-16,21-30H2,1-3H3,(H,32,34)/p+1. The number of likely N-dealkylation sites (N-methyl/N-ethyl adjacent to an activating group) is 1. The summed E-state index contributed by atoms with van der Waals surface area (Å²) in [4.78, 5) is 5.51. The van der Waals surface area contributed by atoms with Crippen LogP contribution in [0.2, 0.25) is 0 Å². The minimum atomic E-state index is 0.455. The molecule has 3 nitrogen and oxygen atoms in total. The quantitative estimate of drug-likeness (QED) is 0.0741. The second kappa shape index (κ2) is 27.8. The van der Waals surface area contributed by atoms with E-state index in [1.54, 1.807) is 0 Å². The normalized spacial score (nSPS) is 11.2. The van der Waals surface area contributed by atoms with E-state index in [2.05, 4.69) is 54.3 Å². The van der Waals surface area contributed by atoms with Gasteiger partial charge in [-0.25, -0.2) is 4.99 Å². The number of aliphatic hydroxyl groups excluding tert-OH is 1. The lowest BCUT2D eigenvalue weighted by Gasteiger charge is -2.14. The van der Waals surface area contributed by atoms with Crippen LogP contribution in [0.25, 0.3) is 0 Å². The maximum absolute atomic E-state index is 9.93. The van der Waals surface area contributed by atoms with Gasteiger partial charge in [0.2, 0.25) is 0 Å². The maximum atomic E-state index is 9.93. The summed E-state index contributed by atoms with van der Waals surface area (Å²) in [5, 5.41) is 9.93. The van der Waals surface area contributed by atoms with E-state index < -0.39 is 0 Å². The van der Waals surface area contributed by atoms with Crippen molar-refractivity contribution in [3.63, 3.8) is 0 Å². The fourth-order valence-corrected chi connectivity index (χ4v) is 4.11. The summed E-state index contributed by atoms with van der Waals surface area (Å²) < 4.78 is 0. The van der Waals surface area contributed by atoms with Gasteiger partial charge in [0.1, 0.15) is 0 Å². The molecular formula is C31H57N2O+. The molecule has 0 aromatic heterocycles. The molecule has 0 bridgehead atoms. The second-order valence-corrected chi connectivity index (χ2v) is 9.56. The SMILES string of the molecule is CCCCCCCCCCCCC#CC#CCCCCCCCCC(O)=[NH+]CCN(CC)CC. The number of hydrogen-bond donors (Lipinski definition) is 2. The summed E-state index contributed by atoms with van der Waals surface area (Å²) in [5.74, 6) is 12.9. The van der Waals surface area contributed by atoms with Gasteiger partial charge in [-0.15, -0.1) is 0 Å². The Kier molecular flexibility index (Phi) is 26.6. The number of aliphatic hydroxyl groups is 1. The number of rotatable bonds is 23. The molecule has 0 saturated carbocycles.